The van der Waals surface area contributed by atoms with E-state index in [1.165, 1.54) is 42.5 Å². The van der Waals surface area contributed by atoms with Crippen LogP contribution in [0.15, 0.2) is 60.2 Å². The zero-order valence-corrected chi connectivity index (χ0v) is 16.6. The number of carbonyl (C=O) groups excluding carboxylic acids is 3. The van der Waals surface area contributed by atoms with Gasteiger partial charge in [0.05, 0.1) is 28.8 Å². The number of allylic oxidation sites excluding steroid dienone is 2. The Balaban J connectivity index is 1.53. The number of carbonyl (C=O) groups is 3. The summed E-state index contributed by atoms with van der Waals surface area (Å²) in [7, 11) is 0. The van der Waals surface area contributed by atoms with Gasteiger partial charge in [-0.2, -0.15) is 13.2 Å². The summed E-state index contributed by atoms with van der Waals surface area (Å²) in [6.45, 7) is 1.93. The number of amides is 3. The summed E-state index contributed by atoms with van der Waals surface area (Å²) >= 11 is 0. The van der Waals surface area contributed by atoms with Crippen molar-refractivity contribution in [1.82, 2.24) is 0 Å². The van der Waals surface area contributed by atoms with E-state index in [0.717, 1.165) is 16.5 Å². The number of nitrogens with zero attached hydrogens (tertiary/aromatic N) is 1. The van der Waals surface area contributed by atoms with Crippen molar-refractivity contribution in [2.45, 2.75) is 25.9 Å². The van der Waals surface area contributed by atoms with Crippen LogP contribution >= 0.6 is 0 Å². The fourth-order valence-electron chi connectivity index (χ4n) is 4.09. The van der Waals surface area contributed by atoms with E-state index in [2.05, 4.69) is 5.32 Å². The van der Waals surface area contributed by atoms with Gasteiger partial charge in [-0.1, -0.05) is 23.8 Å². The predicted octanol–water partition coefficient (Wildman–Crippen LogP) is 4.80. The smallest absolute Gasteiger partial charge is 0.321 e. The minimum atomic E-state index is -4.60. The number of hydrogen-bond donors (Lipinski definition) is 1. The van der Waals surface area contributed by atoms with E-state index in [4.69, 9.17) is 0 Å². The van der Waals surface area contributed by atoms with E-state index in [0.29, 0.717) is 18.5 Å². The number of hydrogen-bond acceptors (Lipinski definition) is 3. The fourth-order valence-corrected chi connectivity index (χ4v) is 4.09. The highest BCUT2D eigenvalue weighted by atomic mass is 19.4. The normalized spacial score (nSPS) is 21.0. The quantitative estimate of drug-likeness (QED) is 0.564. The number of para-hydroxylation sites is 1. The molecule has 160 valence electrons. The average molecular weight is 428 g/mol. The molecule has 2 aromatic carbocycles. The molecule has 0 spiro atoms. The van der Waals surface area contributed by atoms with Crippen LogP contribution in [0.3, 0.4) is 0 Å². The highest BCUT2D eigenvalue weighted by Gasteiger charge is 2.48. The van der Waals surface area contributed by atoms with E-state index < -0.39 is 17.6 Å². The van der Waals surface area contributed by atoms with Gasteiger partial charge >= 0.3 is 6.18 Å². The summed E-state index contributed by atoms with van der Waals surface area (Å²) in [5, 5.41) is 2.27. The molecule has 0 saturated carbocycles. The summed E-state index contributed by atoms with van der Waals surface area (Å²) in [5.74, 6) is -2.01. The van der Waals surface area contributed by atoms with Gasteiger partial charge in [-0.25, -0.2) is 0 Å². The number of nitrogens with one attached hydrogen (secondary N) is 1. The molecule has 3 amide bonds. The Morgan fingerprint density at radius 1 is 1.00 bits per heavy atom. The molecular formula is C23H19F3N2O3. The lowest BCUT2D eigenvalue weighted by molar-refractivity contribution is -0.137. The molecule has 31 heavy (non-hydrogen) atoms. The van der Waals surface area contributed by atoms with Gasteiger partial charge in [-0.15, -0.1) is 0 Å². The van der Waals surface area contributed by atoms with Gasteiger partial charge in [0.1, 0.15) is 0 Å². The van der Waals surface area contributed by atoms with Crippen molar-refractivity contribution in [3.05, 3.63) is 71.3 Å². The second kappa shape index (κ2) is 7.68. The Morgan fingerprint density at radius 3 is 2.32 bits per heavy atom. The zero-order valence-electron chi connectivity index (χ0n) is 16.6. The molecule has 1 aliphatic heterocycles. The van der Waals surface area contributed by atoms with Gasteiger partial charge in [0, 0.05) is 5.56 Å². The van der Waals surface area contributed by atoms with Gasteiger partial charge in [-0.05, 0) is 56.2 Å². The first-order valence-corrected chi connectivity index (χ1v) is 9.78. The second-order valence-corrected chi connectivity index (χ2v) is 7.76. The zero-order chi connectivity index (χ0) is 22.3. The van der Waals surface area contributed by atoms with Crippen molar-refractivity contribution in [3.63, 3.8) is 0 Å². The number of benzene rings is 2. The van der Waals surface area contributed by atoms with Crippen molar-refractivity contribution >= 4 is 29.1 Å². The molecule has 1 N–H and O–H groups in total. The molecule has 1 saturated heterocycles. The number of anilines is 2. The summed E-state index contributed by atoms with van der Waals surface area (Å²) in [4.78, 5) is 39.1. The van der Waals surface area contributed by atoms with Gasteiger partial charge in [0.25, 0.3) is 5.91 Å². The van der Waals surface area contributed by atoms with Crippen molar-refractivity contribution in [2.24, 2.45) is 11.8 Å². The minimum Gasteiger partial charge on any atom is -0.321 e. The Hall–Kier alpha value is -3.42. The SMILES string of the molecule is CC1=CC[C@@H]2C(=O)N(c3ccc(C(=O)Nc4ccccc4C(F)(F)F)cc3)C(=O)[C@H]2C1. The molecule has 1 aliphatic carbocycles. The van der Waals surface area contributed by atoms with Crippen LogP contribution in [0.1, 0.15) is 35.7 Å². The van der Waals surface area contributed by atoms with E-state index in [1.807, 2.05) is 13.0 Å². The molecule has 4 rings (SSSR count). The van der Waals surface area contributed by atoms with E-state index in [1.54, 1.807) is 0 Å². The van der Waals surface area contributed by atoms with Crippen LogP contribution in [-0.2, 0) is 15.8 Å². The highest BCUT2D eigenvalue weighted by molar-refractivity contribution is 6.22. The van der Waals surface area contributed by atoms with Crippen LogP contribution in [-0.4, -0.2) is 17.7 Å². The summed E-state index contributed by atoms with van der Waals surface area (Å²) in [6, 6.07) is 10.4. The maximum Gasteiger partial charge on any atom is 0.418 e. The number of alkyl halides is 3. The van der Waals surface area contributed by atoms with Crippen LogP contribution < -0.4 is 10.2 Å². The number of halogens is 3. The molecule has 0 unspecified atom stereocenters. The van der Waals surface area contributed by atoms with Gasteiger partial charge in [0.15, 0.2) is 0 Å². The van der Waals surface area contributed by atoms with Crippen molar-refractivity contribution in [3.8, 4) is 0 Å². The Bertz CT molecular complexity index is 1090. The standard InChI is InChI=1S/C23H19F3N2O3/c1-13-6-11-16-17(12-13)22(31)28(21(16)30)15-9-7-14(8-10-15)20(29)27-19-5-3-2-4-18(19)23(24,25)26/h2-10,16-17H,11-12H2,1H3,(H,27,29)/t16-,17-/m0/s1. The first-order chi connectivity index (χ1) is 14.7. The number of imide groups is 1. The predicted molar refractivity (Wildman–Crippen MR) is 108 cm³/mol. The first-order valence-electron chi connectivity index (χ1n) is 9.78. The monoisotopic (exact) mass is 428 g/mol. The van der Waals surface area contributed by atoms with E-state index in [-0.39, 0.29) is 34.9 Å². The summed E-state index contributed by atoms with van der Waals surface area (Å²) < 4.78 is 39.4. The van der Waals surface area contributed by atoms with Gasteiger partial charge in [-0.3, -0.25) is 19.3 Å². The topological polar surface area (TPSA) is 66.5 Å². The minimum absolute atomic E-state index is 0.106. The Kier molecular flexibility index (Phi) is 5.16. The molecule has 0 aromatic heterocycles. The van der Waals surface area contributed by atoms with Crippen molar-refractivity contribution < 1.29 is 27.6 Å². The fraction of sp³-hybridized carbons (Fsp3) is 0.261. The molecule has 0 radical (unpaired) electrons. The lowest BCUT2D eigenvalue weighted by atomic mass is 9.82. The lowest BCUT2D eigenvalue weighted by Gasteiger charge is -2.18. The van der Waals surface area contributed by atoms with Crippen molar-refractivity contribution in [1.29, 1.82) is 0 Å². The Morgan fingerprint density at radius 2 is 1.65 bits per heavy atom. The third-order valence-corrected chi connectivity index (χ3v) is 5.69. The molecule has 2 aliphatic rings. The van der Waals surface area contributed by atoms with Crippen molar-refractivity contribution in [2.75, 3.05) is 10.2 Å². The molecule has 0 bridgehead atoms. The van der Waals surface area contributed by atoms with Gasteiger partial charge in [0.2, 0.25) is 11.8 Å². The first kappa shape index (κ1) is 20.8. The van der Waals surface area contributed by atoms with Crippen LogP contribution in [0.5, 0.6) is 0 Å². The molecule has 1 fully saturated rings. The number of rotatable bonds is 3. The van der Waals surface area contributed by atoms with E-state index >= 15 is 0 Å². The third kappa shape index (κ3) is 3.85. The maximum atomic E-state index is 13.1. The van der Waals surface area contributed by atoms with Gasteiger partial charge < -0.3 is 5.32 Å². The summed E-state index contributed by atoms with van der Waals surface area (Å²) in [5.41, 5.74) is 0.236. The third-order valence-electron chi connectivity index (χ3n) is 5.69. The van der Waals surface area contributed by atoms with Crippen LogP contribution in [0.2, 0.25) is 0 Å². The van der Waals surface area contributed by atoms with Crippen LogP contribution in [0.4, 0.5) is 24.5 Å². The molecule has 1 heterocycles. The average Bonchev–Trinajstić information content (AvgIpc) is 2.97. The lowest BCUT2D eigenvalue weighted by Crippen LogP contribution is -2.30. The largest absolute Gasteiger partial charge is 0.418 e. The second-order valence-electron chi connectivity index (χ2n) is 7.76. The highest BCUT2D eigenvalue weighted by Crippen LogP contribution is 2.40. The molecular weight excluding hydrogens is 409 g/mol. The molecule has 2 atom stereocenters. The molecule has 5 nitrogen and oxygen atoms in total. The molecule has 2 aromatic rings. The Labute approximate surface area is 176 Å². The molecule has 8 heteroatoms. The summed E-state index contributed by atoms with van der Waals surface area (Å²) in [6.07, 6.45) is -1.56. The number of fused-ring (bicyclic) bond motifs is 1. The van der Waals surface area contributed by atoms with Crippen LogP contribution in [0, 0.1) is 11.8 Å². The van der Waals surface area contributed by atoms with E-state index in [9.17, 15) is 27.6 Å². The van der Waals surface area contributed by atoms with Crippen LogP contribution in [0.25, 0.3) is 0 Å². The maximum absolute atomic E-state index is 13.1.